The Labute approximate surface area is 122 Å². The van der Waals surface area contributed by atoms with Crippen LogP contribution < -0.4 is 4.72 Å². The highest BCUT2D eigenvalue weighted by atomic mass is 32.2. The number of hydrogen-bond donors (Lipinski definition) is 2. The number of aryl methyl sites for hydroxylation is 1. The summed E-state index contributed by atoms with van der Waals surface area (Å²) in [6, 6.07) is 7.26. The van der Waals surface area contributed by atoms with Crippen LogP contribution in [0.4, 0.5) is 5.69 Å². The normalized spacial score (nSPS) is 11.2. The summed E-state index contributed by atoms with van der Waals surface area (Å²) < 4.78 is 27.2. The lowest BCUT2D eigenvalue weighted by Crippen LogP contribution is -2.14. The van der Waals surface area contributed by atoms with Gasteiger partial charge in [-0.1, -0.05) is 18.2 Å². The lowest BCUT2D eigenvalue weighted by molar-refractivity contribution is 0.600. The van der Waals surface area contributed by atoms with Crippen molar-refractivity contribution >= 4 is 27.5 Å². The van der Waals surface area contributed by atoms with Crippen molar-refractivity contribution in [1.82, 2.24) is 10.2 Å². The number of sulfonamides is 1. The van der Waals surface area contributed by atoms with Crippen LogP contribution in [0.15, 0.2) is 52.9 Å². The van der Waals surface area contributed by atoms with E-state index in [1.807, 2.05) is 12.1 Å². The second-order valence-electron chi connectivity index (χ2n) is 4.06. The molecule has 0 saturated carbocycles. The van der Waals surface area contributed by atoms with Crippen LogP contribution in [0.2, 0.25) is 0 Å². The Morgan fingerprint density at radius 3 is 2.85 bits per heavy atom. The van der Waals surface area contributed by atoms with E-state index in [1.165, 1.54) is 18.0 Å². The molecule has 1 aromatic heterocycles. The van der Waals surface area contributed by atoms with Crippen molar-refractivity contribution < 1.29 is 8.42 Å². The molecule has 0 aliphatic rings. The van der Waals surface area contributed by atoms with Gasteiger partial charge in [-0.2, -0.15) is 5.10 Å². The Balaban J connectivity index is 2.30. The lowest BCUT2D eigenvalue weighted by atomic mass is 10.3. The average molecular weight is 309 g/mol. The summed E-state index contributed by atoms with van der Waals surface area (Å²) >= 11 is 1.52. The third-order valence-corrected chi connectivity index (χ3v) is 5.11. The Morgan fingerprint density at radius 1 is 1.45 bits per heavy atom. The summed E-state index contributed by atoms with van der Waals surface area (Å²) in [6.07, 6.45) is 3.08. The maximum Gasteiger partial charge on any atom is 0.265 e. The number of nitrogens with zero attached hydrogens (tertiary/aromatic N) is 1. The van der Waals surface area contributed by atoms with E-state index in [9.17, 15) is 8.42 Å². The molecule has 0 unspecified atom stereocenters. The molecule has 0 aliphatic carbocycles. The number of aromatic nitrogens is 2. The summed E-state index contributed by atoms with van der Waals surface area (Å²) in [6.45, 7) is 5.33. The molecule has 0 amide bonds. The quantitative estimate of drug-likeness (QED) is 0.635. The third-order valence-electron chi connectivity index (χ3n) is 2.56. The molecule has 0 bridgehead atoms. The molecule has 0 spiro atoms. The van der Waals surface area contributed by atoms with E-state index in [0.717, 1.165) is 4.90 Å². The minimum absolute atomic E-state index is 0.154. The van der Waals surface area contributed by atoms with E-state index in [0.29, 0.717) is 17.1 Å². The predicted octanol–water partition coefficient (Wildman–Crippen LogP) is 2.80. The summed E-state index contributed by atoms with van der Waals surface area (Å²) in [5.41, 5.74) is 1.06. The summed E-state index contributed by atoms with van der Waals surface area (Å²) in [7, 11) is -3.63. The summed E-state index contributed by atoms with van der Waals surface area (Å²) in [5.74, 6) is 0.712. The molecule has 0 saturated heterocycles. The predicted molar refractivity (Wildman–Crippen MR) is 81.5 cm³/mol. The van der Waals surface area contributed by atoms with Crippen molar-refractivity contribution in [3.63, 3.8) is 0 Å². The molecule has 2 aromatic rings. The van der Waals surface area contributed by atoms with Crippen molar-refractivity contribution in [2.24, 2.45) is 0 Å². The summed E-state index contributed by atoms with van der Waals surface area (Å²) in [5, 5.41) is 6.36. The van der Waals surface area contributed by atoms with E-state index < -0.39 is 10.0 Å². The topological polar surface area (TPSA) is 74.8 Å². The molecule has 1 aromatic carbocycles. The molecule has 20 heavy (non-hydrogen) atoms. The van der Waals surface area contributed by atoms with Crippen LogP contribution >= 0.6 is 11.8 Å². The van der Waals surface area contributed by atoms with Crippen molar-refractivity contribution in [3.8, 4) is 0 Å². The highest BCUT2D eigenvalue weighted by molar-refractivity contribution is 7.99. The fourth-order valence-corrected chi connectivity index (χ4v) is 3.66. The van der Waals surface area contributed by atoms with E-state index in [4.69, 9.17) is 0 Å². The molecule has 0 radical (unpaired) electrons. The number of H-pyrrole nitrogens is 1. The van der Waals surface area contributed by atoms with E-state index in [1.54, 1.807) is 25.1 Å². The average Bonchev–Trinajstić information content (AvgIpc) is 2.84. The van der Waals surface area contributed by atoms with E-state index in [-0.39, 0.29) is 4.90 Å². The molecule has 2 N–H and O–H groups in total. The number of nitrogens with one attached hydrogen (secondary N) is 2. The number of rotatable bonds is 6. The Morgan fingerprint density at radius 2 is 2.20 bits per heavy atom. The van der Waals surface area contributed by atoms with Crippen molar-refractivity contribution in [1.29, 1.82) is 0 Å². The smallest absolute Gasteiger partial charge is 0.265 e. The first kappa shape index (κ1) is 14.7. The molecular weight excluding hydrogens is 294 g/mol. The Hall–Kier alpha value is -1.73. The van der Waals surface area contributed by atoms with Crippen LogP contribution in [-0.2, 0) is 10.0 Å². The van der Waals surface area contributed by atoms with Gasteiger partial charge in [-0.25, -0.2) is 8.42 Å². The van der Waals surface area contributed by atoms with Crippen LogP contribution in [0.5, 0.6) is 0 Å². The maximum atomic E-state index is 12.3. The number of benzene rings is 1. The van der Waals surface area contributed by atoms with Gasteiger partial charge < -0.3 is 0 Å². The van der Waals surface area contributed by atoms with Gasteiger partial charge >= 0.3 is 0 Å². The minimum atomic E-state index is -3.63. The maximum absolute atomic E-state index is 12.3. The van der Waals surface area contributed by atoms with Crippen molar-refractivity contribution in [2.45, 2.75) is 16.7 Å². The second-order valence-corrected chi connectivity index (χ2v) is 6.77. The number of anilines is 1. The zero-order valence-electron chi connectivity index (χ0n) is 11.0. The van der Waals surface area contributed by atoms with Gasteiger partial charge in [0.25, 0.3) is 10.0 Å². The van der Waals surface area contributed by atoms with Crippen LogP contribution in [-0.4, -0.2) is 24.4 Å². The molecule has 0 atom stereocenters. The zero-order chi connectivity index (χ0) is 14.6. The Bertz CT molecular complexity index is 708. The molecule has 5 nitrogen and oxygen atoms in total. The van der Waals surface area contributed by atoms with E-state index in [2.05, 4.69) is 21.5 Å². The van der Waals surface area contributed by atoms with Crippen molar-refractivity contribution in [2.75, 3.05) is 10.5 Å². The first-order valence-electron chi connectivity index (χ1n) is 5.90. The number of aromatic amines is 1. The SMILES string of the molecule is C=CCSc1ccccc1NS(=O)(=O)c1cn[nH]c1C. The second kappa shape index (κ2) is 6.15. The largest absolute Gasteiger partial charge is 0.281 e. The van der Waals surface area contributed by atoms with Gasteiger partial charge in [0.15, 0.2) is 0 Å². The van der Waals surface area contributed by atoms with Gasteiger partial charge in [0, 0.05) is 10.6 Å². The van der Waals surface area contributed by atoms with Gasteiger partial charge in [0.1, 0.15) is 4.90 Å². The Kier molecular flexibility index (Phi) is 4.51. The first-order valence-corrected chi connectivity index (χ1v) is 8.37. The van der Waals surface area contributed by atoms with Crippen LogP contribution in [0.25, 0.3) is 0 Å². The van der Waals surface area contributed by atoms with Gasteiger partial charge in [-0.05, 0) is 19.1 Å². The molecule has 106 valence electrons. The highest BCUT2D eigenvalue weighted by Crippen LogP contribution is 2.29. The van der Waals surface area contributed by atoms with Crippen LogP contribution in [0, 0.1) is 6.92 Å². The minimum Gasteiger partial charge on any atom is -0.281 e. The van der Waals surface area contributed by atoms with Gasteiger partial charge in [-0.15, -0.1) is 18.3 Å². The zero-order valence-corrected chi connectivity index (χ0v) is 12.6. The third kappa shape index (κ3) is 3.23. The molecule has 0 fully saturated rings. The number of para-hydroxylation sites is 1. The highest BCUT2D eigenvalue weighted by Gasteiger charge is 2.19. The summed E-state index contributed by atoms with van der Waals surface area (Å²) in [4.78, 5) is 1.01. The number of hydrogen-bond acceptors (Lipinski definition) is 4. The van der Waals surface area contributed by atoms with Crippen LogP contribution in [0.1, 0.15) is 5.69 Å². The number of thioether (sulfide) groups is 1. The molecule has 7 heteroatoms. The standard InChI is InChI=1S/C13H15N3O2S2/c1-3-8-19-12-7-5-4-6-11(12)16-20(17,18)13-9-14-15-10(13)2/h3-7,9,16H,1,8H2,2H3,(H,14,15). The molecule has 0 aliphatic heterocycles. The first-order chi connectivity index (χ1) is 9.54. The fraction of sp³-hybridized carbons (Fsp3) is 0.154. The molecule has 2 rings (SSSR count). The fourth-order valence-electron chi connectivity index (χ4n) is 1.64. The monoisotopic (exact) mass is 309 g/mol. The van der Waals surface area contributed by atoms with Gasteiger partial charge in [-0.3, -0.25) is 9.82 Å². The van der Waals surface area contributed by atoms with Crippen LogP contribution in [0.3, 0.4) is 0 Å². The molecule has 1 heterocycles. The lowest BCUT2D eigenvalue weighted by Gasteiger charge is -2.11. The van der Waals surface area contributed by atoms with E-state index >= 15 is 0 Å². The van der Waals surface area contributed by atoms with Gasteiger partial charge in [0.05, 0.1) is 17.6 Å². The van der Waals surface area contributed by atoms with Gasteiger partial charge in [0.2, 0.25) is 0 Å². The molecular formula is C13H15N3O2S2. The van der Waals surface area contributed by atoms with Crippen molar-refractivity contribution in [3.05, 3.63) is 48.8 Å².